The average molecular weight is 398 g/mol. The Morgan fingerprint density at radius 3 is 2.74 bits per heavy atom. The van der Waals surface area contributed by atoms with E-state index in [0.717, 1.165) is 20.6 Å². The lowest BCUT2D eigenvalue weighted by Crippen LogP contribution is -2.37. The van der Waals surface area contributed by atoms with Crippen molar-refractivity contribution in [2.24, 2.45) is 5.92 Å². The van der Waals surface area contributed by atoms with Crippen molar-refractivity contribution in [2.45, 2.75) is 37.6 Å². The maximum absolute atomic E-state index is 13.3. The quantitative estimate of drug-likeness (QED) is 0.769. The molecule has 27 heavy (non-hydrogen) atoms. The molecule has 0 aromatic carbocycles. The van der Waals surface area contributed by atoms with Crippen molar-refractivity contribution in [3.63, 3.8) is 0 Å². The van der Waals surface area contributed by atoms with E-state index in [1.54, 1.807) is 12.1 Å². The van der Waals surface area contributed by atoms with E-state index in [1.165, 1.54) is 7.05 Å². The van der Waals surface area contributed by atoms with Gasteiger partial charge in [-0.3, -0.25) is 4.79 Å². The number of hydrogen-bond donors (Lipinski definition) is 1. The van der Waals surface area contributed by atoms with Gasteiger partial charge in [0.25, 0.3) is 5.92 Å². The normalized spacial score (nSPS) is 27.7. The summed E-state index contributed by atoms with van der Waals surface area (Å²) in [5, 5.41) is 2.75. The molecule has 0 spiro atoms. The van der Waals surface area contributed by atoms with Gasteiger partial charge in [-0.15, -0.1) is 0 Å². The van der Waals surface area contributed by atoms with Gasteiger partial charge in [-0.2, -0.15) is 8.42 Å². The van der Waals surface area contributed by atoms with Crippen LogP contribution >= 0.6 is 0 Å². The highest BCUT2D eigenvalue weighted by Crippen LogP contribution is 2.51. The zero-order chi connectivity index (χ0) is 19.4. The third-order valence-corrected chi connectivity index (χ3v) is 7.20. The second-order valence-electron chi connectivity index (χ2n) is 7.19. The molecule has 1 aromatic rings. The Kier molecular flexibility index (Phi) is 4.13. The zero-order valence-corrected chi connectivity index (χ0v) is 15.5. The molecule has 1 N–H and O–H groups in total. The first-order valence-electron chi connectivity index (χ1n) is 8.78. The standard InChI is InChI=1S/C17H20F2N4O3S/c1-22-16-15(23(27(22,25)26)9-12-8-17(12,18)19)7-6-14(21-16)11-2-4-13(5-3-11)20-10-24/h2,6-7,10,12-13H,3-5,8-9H2,1H3,(H,20,24). The summed E-state index contributed by atoms with van der Waals surface area (Å²) < 4.78 is 53.9. The maximum Gasteiger partial charge on any atom is 0.327 e. The van der Waals surface area contributed by atoms with Crippen LogP contribution in [0.4, 0.5) is 20.3 Å². The van der Waals surface area contributed by atoms with E-state index in [-0.39, 0.29) is 24.8 Å². The van der Waals surface area contributed by atoms with Gasteiger partial charge < -0.3 is 5.32 Å². The van der Waals surface area contributed by atoms with E-state index >= 15 is 0 Å². The average Bonchev–Trinajstić information content (AvgIpc) is 3.20. The second-order valence-corrected chi connectivity index (χ2v) is 9.08. The molecule has 0 saturated heterocycles. The van der Waals surface area contributed by atoms with Crippen LogP contribution in [0.15, 0.2) is 18.2 Å². The predicted molar refractivity (Wildman–Crippen MR) is 96.8 cm³/mol. The zero-order valence-electron chi connectivity index (χ0n) is 14.7. The largest absolute Gasteiger partial charge is 0.356 e. The Morgan fingerprint density at radius 1 is 1.41 bits per heavy atom. The highest BCUT2D eigenvalue weighted by atomic mass is 32.2. The molecule has 1 aliphatic heterocycles. The number of nitrogens with one attached hydrogen (secondary N) is 1. The number of anilines is 2. The van der Waals surface area contributed by atoms with Crippen molar-refractivity contribution in [3.8, 4) is 0 Å². The van der Waals surface area contributed by atoms with Gasteiger partial charge in [0.2, 0.25) is 6.41 Å². The Bertz CT molecular complexity index is 919. The number of nitrogens with zero attached hydrogens (tertiary/aromatic N) is 3. The minimum absolute atomic E-state index is 0.0967. The van der Waals surface area contributed by atoms with Gasteiger partial charge in [-0.05, 0) is 37.0 Å². The summed E-state index contributed by atoms with van der Waals surface area (Å²) >= 11 is 0. The molecule has 1 fully saturated rings. The van der Waals surface area contributed by atoms with Crippen LogP contribution in [0.25, 0.3) is 5.57 Å². The number of aromatic nitrogens is 1. The second kappa shape index (κ2) is 6.15. The van der Waals surface area contributed by atoms with Crippen LogP contribution in [-0.2, 0) is 15.0 Å². The molecule has 7 nitrogen and oxygen atoms in total. The van der Waals surface area contributed by atoms with Gasteiger partial charge in [0.05, 0.1) is 11.4 Å². The Labute approximate surface area is 156 Å². The summed E-state index contributed by atoms with van der Waals surface area (Å²) in [7, 11) is -2.51. The monoisotopic (exact) mass is 398 g/mol. The first-order valence-corrected chi connectivity index (χ1v) is 10.2. The van der Waals surface area contributed by atoms with E-state index < -0.39 is 22.0 Å². The summed E-state index contributed by atoms with van der Waals surface area (Å²) in [5.41, 5.74) is 1.99. The molecular weight excluding hydrogens is 378 g/mol. The number of allylic oxidation sites excluding steroid dienone is 1. The number of amides is 1. The minimum atomic E-state index is -3.89. The lowest BCUT2D eigenvalue weighted by Gasteiger charge is -2.21. The maximum atomic E-state index is 13.3. The van der Waals surface area contributed by atoms with Crippen molar-refractivity contribution < 1.29 is 22.0 Å². The number of pyridine rings is 1. The van der Waals surface area contributed by atoms with Crippen molar-refractivity contribution in [1.82, 2.24) is 10.3 Å². The molecule has 1 amide bonds. The number of halogens is 2. The number of alkyl halides is 2. The molecule has 1 aromatic heterocycles. The number of hydrogen-bond acceptors (Lipinski definition) is 4. The summed E-state index contributed by atoms with van der Waals surface area (Å²) in [5.74, 6) is -3.48. The summed E-state index contributed by atoms with van der Waals surface area (Å²) in [6, 6.07) is 3.46. The molecule has 2 heterocycles. The van der Waals surface area contributed by atoms with E-state index in [9.17, 15) is 22.0 Å². The summed E-state index contributed by atoms with van der Waals surface area (Å²) in [4.78, 5) is 15.0. The minimum Gasteiger partial charge on any atom is -0.356 e. The molecule has 146 valence electrons. The highest BCUT2D eigenvalue weighted by molar-refractivity contribution is 7.94. The van der Waals surface area contributed by atoms with E-state index in [2.05, 4.69) is 10.3 Å². The van der Waals surface area contributed by atoms with E-state index in [0.29, 0.717) is 30.6 Å². The predicted octanol–water partition coefficient (Wildman–Crippen LogP) is 1.92. The van der Waals surface area contributed by atoms with Crippen LogP contribution in [0.2, 0.25) is 0 Å². The van der Waals surface area contributed by atoms with Gasteiger partial charge in [0, 0.05) is 32.0 Å². The third-order valence-electron chi connectivity index (χ3n) is 5.43. The molecule has 1 saturated carbocycles. The van der Waals surface area contributed by atoms with Crippen molar-refractivity contribution in [2.75, 3.05) is 22.2 Å². The van der Waals surface area contributed by atoms with Crippen LogP contribution in [0, 0.1) is 5.92 Å². The van der Waals surface area contributed by atoms with Gasteiger partial charge in [-0.25, -0.2) is 22.4 Å². The number of fused-ring (bicyclic) bond motifs is 1. The van der Waals surface area contributed by atoms with Crippen molar-refractivity contribution in [1.29, 1.82) is 0 Å². The topological polar surface area (TPSA) is 82.6 Å². The molecule has 2 unspecified atom stereocenters. The highest BCUT2D eigenvalue weighted by Gasteiger charge is 2.59. The van der Waals surface area contributed by atoms with Gasteiger partial charge in [-0.1, -0.05) is 6.08 Å². The Morgan fingerprint density at radius 2 is 2.15 bits per heavy atom. The molecule has 3 aliphatic rings. The first kappa shape index (κ1) is 18.1. The van der Waals surface area contributed by atoms with Gasteiger partial charge in [0.1, 0.15) is 0 Å². The van der Waals surface area contributed by atoms with Crippen LogP contribution in [0.3, 0.4) is 0 Å². The summed E-state index contributed by atoms with van der Waals surface area (Å²) in [6.45, 7) is -0.241. The van der Waals surface area contributed by atoms with Gasteiger partial charge >= 0.3 is 10.2 Å². The fourth-order valence-corrected chi connectivity index (χ4v) is 5.01. The number of carbonyl (C=O) groups excluding carboxylic acids is 1. The van der Waals surface area contributed by atoms with Crippen LogP contribution in [0.5, 0.6) is 0 Å². The molecule has 2 atom stereocenters. The molecule has 0 radical (unpaired) electrons. The fourth-order valence-electron chi connectivity index (χ4n) is 3.60. The van der Waals surface area contributed by atoms with Crippen LogP contribution < -0.4 is 13.9 Å². The van der Waals surface area contributed by atoms with Crippen molar-refractivity contribution in [3.05, 3.63) is 23.9 Å². The lowest BCUT2D eigenvalue weighted by molar-refractivity contribution is -0.110. The fraction of sp³-hybridized carbons (Fsp3) is 0.529. The lowest BCUT2D eigenvalue weighted by atomic mass is 9.93. The van der Waals surface area contributed by atoms with E-state index in [1.807, 2.05) is 6.08 Å². The number of rotatable bonds is 5. The van der Waals surface area contributed by atoms with Crippen LogP contribution in [-0.4, -0.2) is 45.4 Å². The molecule has 0 bridgehead atoms. The molecule has 10 heteroatoms. The van der Waals surface area contributed by atoms with Gasteiger partial charge in [0.15, 0.2) is 5.82 Å². The molecule has 4 rings (SSSR count). The number of carbonyl (C=O) groups is 1. The first-order chi connectivity index (χ1) is 12.7. The SMILES string of the molecule is CN1c2nc(C3=CCC(NC=O)CC3)ccc2N(CC2CC2(F)F)S1(=O)=O. The Hall–Kier alpha value is -2.23. The van der Waals surface area contributed by atoms with Crippen LogP contribution in [0.1, 0.15) is 31.4 Å². The van der Waals surface area contributed by atoms with E-state index in [4.69, 9.17) is 0 Å². The third kappa shape index (κ3) is 3.05. The van der Waals surface area contributed by atoms with Crippen molar-refractivity contribution >= 4 is 33.7 Å². The summed E-state index contributed by atoms with van der Waals surface area (Å²) in [6.07, 6.45) is 4.57. The Balaban J connectivity index is 1.61. The molecular formula is C17H20F2N4O3S. The smallest absolute Gasteiger partial charge is 0.327 e. The molecule has 2 aliphatic carbocycles.